The third kappa shape index (κ3) is 2.14. The van der Waals surface area contributed by atoms with Gasteiger partial charge in [0.05, 0.1) is 36.2 Å². The van der Waals surface area contributed by atoms with Crippen LogP contribution in [0.5, 0.6) is 0 Å². The van der Waals surface area contributed by atoms with Crippen molar-refractivity contribution in [3.63, 3.8) is 0 Å². The number of fused-ring (bicyclic) bond motifs is 3. The number of rotatable bonds is 1. The van der Waals surface area contributed by atoms with Gasteiger partial charge in [0.1, 0.15) is 17.9 Å². The number of anilines is 1. The quantitative estimate of drug-likeness (QED) is 0.740. The highest BCUT2D eigenvalue weighted by molar-refractivity contribution is 5.85. The molecule has 116 valence electrons. The third-order valence-corrected chi connectivity index (χ3v) is 4.67. The molecule has 5 heteroatoms. The van der Waals surface area contributed by atoms with Crippen LogP contribution in [0.25, 0.3) is 16.7 Å². The number of nitrogens with two attached hydrogens (primary N) is 1. The van der Waals surface area contributed by atoms with E-state index < -0.39 is 0 Å². The molecule has 2 aromatic heterocycles. The minimum Gasteiger partial charge on any atom is -0.346 e. The van der Waals surface area contributed by atoms with Crippen molar-refractivity contribution in [2.45, 2.75) is 19.9 Å². The van der Waals surface area contributed by atoms with Crippen LogP contribution in [0.1, 0.15) is 18.1 Å². The Morgan fingerprint density at radius 3 is 2.96 bits per heavy atom. The SMILES string of the molecule is Cc1cc(N2CC[NH2+][C@H](C)C2)n2c(nc3ccccc32)c1C#N. The van der Waals surface area contributed by atoms with Crippen molar-refractivity contribution in [1.82, 2.24) is 9.38 Å². The highest BCUT2D eigenvalue weighted by Gasteiger charge is 2.23. The number of hydrogen-bond acceptors (Lipinski definition) is 3. The van der Waals surface area contributed by atoms with Crippen LogP contribution in [-0.2, 0) is 0 Å². The number of hydrogen-bond donors (Lipinski definition) is 1. The van der Waals surface area contributed by atoms with Gasteiger partial charge in [-0.2, -0.15) is 5.26 Å². The summed E-state index contributed by atoms with van der Waals surface area (Å²) in [5.74, 6) is 1.14. The van der Waals surface area contributed by atoms with E-state index in [0.29, 0.717) is 11.6 Å². The molecule has 2 N–H and O–H groups in total. The molecule has 4 rings (SSSR count). The van der Waals surface area contributed by atoms with Gasteiger partial charge in [-0.15, -0.1) is 0 Å². The van der Waals surface area contributed by atoms with E-state index in [9.17, 15) is 5.26 Å². The lowest BCUT2D eigenvalue weighted by molar-refractivity contribution is -0.687. The Morgan fingerprint density at radius 1 is 1.35 bits per heavy atom. The van der Waals surface area contributed by atoms with Gasteiger partial charge in [-0.1, -0.05) is 12.1 Å². The average Bonchev–Trinajstić information content (AvgIpc) is 2.93. The molecule has 0 radical (unpaired) electrons. The minimum absolute atomic E-state index is 0.574. The molecule has 0 saturated carbocycles. The number of aryl methyl sites for hydroxylation is 1. The van der Waals surface area contributed by atoms with Gasteiger partial charge >= 0.3 is 0 Å². The van der Waals surface area contributed by atoms with Crippen LogP contribution in [0.2, 0.25) is 0 Å². The fourth-order valence-electron chi connectivity index (χ4n) is 3.54. The second-order valence-electron chi connectivity index (χ2n) is 6.38. The normalized spacial score (nSPS) is 18.5. The molecule has 1 fully saturated rings. The first-order chi connectivity index (χ1) is 11.2. The molecule has 1 aromatic carbocycles. The second-order valence-corrected chi connectivity index (χ2v) is 6.38. The predicted molar refractivity (Wildman–Crippen MR) is 90.6 cm³/mol. The van der Waals surface area contributed by atoms with E-state index in [0.717, 1.165) is 47.7 Å². The first-order valence-corrected chi connectivity index (χ1v) is 8.08. The molecule has 23 heavy (non-hydrogen) atoms. The summed E-state index contributed by atoms with van der Waals surface area (Å²) < 4.78 is 2.15. The number of nitrogens with zero attached hydrogens (tertiary/aromatic N) is 4. The summed E-state index contributed by atoms with van der Waals surface area (Å²) in [6, 6.07) is 13.1. The van der Waals surface area contributed by atoms with Gasteiger partial charge in [0, 0.05) is 0 Å². The molecular formula is C18H20N5+. The molecule has 0 amide bonds. The Labute approximate surface area is 135 Å². The molecule has 0 spiro atoms. The van der Waals surface area contributed by atoms with E-state index in [4.69, 9.17) is 4.98 Å². The summed E-state index contributed by atoms with van der Waals surface area (Å²) in [7, 11) is 0. The number of benzene rings is 1. The van der Waals surface area contributed by atoms with Gasteiger partial charge in [-0.3, -0.25) is 4.40 Å². The lowest BCUT2D eigenvalue weighted by Crippen LogP contribution is -2.94. The van der Waals surface area contributed by atoms with Gasteiger partial charge in [0.25, 0.3) is 0 Å². The first kappa shape index (κ1) is 14.0. The lowest BCUT2D eigenvalue weighted by atomic mass is 10.1. The highest BCUT2D eigenvalue weighted by atomic mass is 15.3. The van der Waals surface area contributed by atoms with Crippen molar-refractivity contribution in [2.75, 3.05) is 24.5 Å². The van der Waals surface area contributed by atoms with E-state index in [1.807, 2.05) is 25.1 Å². The number of piperazine rings is 1. The van der Waals surface area contributed by atoms with Gasteiger partial charge in [0.2, 0.25) is 0 Å². The topological polar surface area (TPSA) is 60.9 Å². The molecule has 1 aliphatic rings. The maximum absolute atomic E-state index is 9.56. The number of nitriles is 1. The Bertz CT molecular complexity index is 934. The summed E-state index contributed by atoms with van der Waals surface area (Å²) in [6.07, 6.45) is 0. The molecule has 0 bridgehead atoms. The molecule has 0 aliphatic carbocycles. The summed E-state index contributed by atoms with van der Waals surface area (Å²) in [5.41, 5.74) is 4.43. The van der Waals surface area contributed by atoms with Gasteiger partial charge in [-0.05, 0) is 37.6 Å². The molecule has 0 unspecified atom stereocenters. The van der Waals surface area contributed by atoms with E-state index in [1.165, 1.54) is 0 Å². The zero-order valence-electron chi connectivity index (χ0n) is 13.5. The Morgan fingerprint density at radius 2 is 2.17 bits per heavy atom. The standard InChI is InChI=1S/C18H19N5/c1-12-9-17(22-8-7-20-13(2)11-22)23-16-6-4-3-5-15(16)21-18(23)14(12)10-19/h3-6,9,13,20H,7-8,11H2,1-2H3/p+1/t13-/m1/s1. The molecule has 1 atom stereocenters. The molecule has 3 aromatic rings. The van der Waals surface area contributed by atoms with Crippen molar-refractivity contribution in [1.29, 1.82) is 5.26 Å². The molecule has 3 heterocycles. The van der Waals surface area contributed by atoms with Gasteiger partial charge in [0.15, 0.2) is 5.65 Å². The van der Waals surface area contributed by atoms with Crippen molar-refractivity contribution in [3.8, 4) is 6.07 Å². The molecular weight excluding hydrogens is 286 g/mol. The largest absolute Gasteiger partial charge is 0.346 e. The molecule has 5 nitrogen and oxygen atoms in total. The second kappa shape index (κ2) is 5.25. The van der Waals surface area contributed by atoms with E-state index in [2.05, 4.69) is 39.7 Å². The van der Waals surface area contributed by atoms with Gasteiger partial charge in [-0.25, -0.2) is 4.98 Å². The van der Waals surface area contributed by atoms with Crippen LogP contribution in [0, 0.1) is 18.3 Å². The maximum atomic E-state index is 9.56. The summed E-state index contributed by atoms with van der Waals surface area (Å²) >= 11 is 0. The van der Waals surface area contributed by atoms with E-state index in [-0.39, 0.29) is 0 Å². The number of para-hydroxylation sites is 2. The Hall–Kier alpha value is -2.58. The average molecular weight is 306 g/mol. The van der Waals surface area contributed by atoms with Crippen molar-refractivity contribution in [2.24, 2.45) is 0 Å². The van der Waals surface area contributed by atoms with Gasteiger partial charge < -0.3 is 10.2 Å². The number of quaternary nitrogens is 1. The van der Waals surface area contributed by atoms with Crippen molar-refractivity contribution in [3.05, 3.63) is 41.5 Å². The van der Waals surface area contributed by atoms with Crippen LogP contribution in [-0.4, -0.2) is 35.1 Å². The summed E-state index contributed by atoms with van der Waals surface area (Å²) in [6.45, 7) is 7.37. The zero-order valence-corrected chi connectivity index (χ0v) is 13.5. The van der Waals surface area contributed by atoms with E-state index >= 15 is 0 Å². The number of imidazole rings is 1. The van der Waals surface area contributed by atoms with E-state index in [1.54, 1.807) is 0 Å². The van der Waals surface area contributed by atoms with Crippen LogP contribution in [0.15, 0.2) is 30.3 Å². The first-order valence-electron chi connectivity index (χ1n) is 8.08. The monoisotopic (exact) mass is 306 g/mol. The zero-order chi connectivity index (χ0) is 16.0. The minimum atomic E-state index is 0.574. The van der Waals surface area contributed by atoms with Crippen molar-refractivity contribution >= 4 is 22.5 Å². The number of aromatic nitrogens is 2. The van der Waals surface area contributed by atoms with Crippen LogP contribution >= 0.6 is 0 Å². The maximum Gasteiger partial charge on any atom is 0.157 e. The lowest BCUT2D eigenvalue weighted by Gasteiger charge is -2.32. The Kier molecular flexibility index (Phi) is 3.21. The molecule has 1 saturated heterocycles. The fourth-order valence-corrected chi connectivity index (χ4v) is 3.54. The fraction of sp³-hybridized carbons (Fsp3) is 0.333. The third-order valence-electron chi connectivity index (χ3n) is 4.67. The van der Waals surface area contributed by atoms with Crippen LogP contribution in [0.4, 0.5) is 5.82 Å². The van der Waals surface area contributed by atoms with Crippen LogP contribution < -0.4 is 10.2 Å². The molecule has 1 aliphatic heterocycles. The summed E-state index contributed by atoms with van der Waals surface area (Å²) in [5, 5.41) is 11.9. The predicted octanol–water partition coefficient (Wildman–Crippen LogP) is 1.44. The van der Waals surface area contributed by atoms with Crippen molar-refractivity contribution < 1.29 is 5.32 Å². The summed E-state index contributed by atoms with van der Waals surface area (Å²) in [4.78, 5) is 7.14. The number of pyridine rings is 1. The Balaban J connectivity index is 2.05. The van der Waals surface area contributed by atoms with Crippen LogP contribution in [0.3, 0.4) is 0 Å². The highest BCUT2D eigenvalue weighted by Crippen LogP contribution is 2.28. The smallest absolute Gasteiger partial charge is 0.157 e.